The molecule has 1 aromatic rings. The molecule has 10 heteroatoms. The maximum absolute atomic E-state index is 13.6. The van der Waals surface area contributed by atoms with Gasteiger partial charge in [-0.25, -0.2) is 4.79 Å². The van der Waals surface area contributed by atoms with E-state index in [0.717, 1.165) is 24.8 Å². The number of aromatic amines is 1. The Kier molecular flexibility index (Phi) is 6.40. The number of likely N-dealkylation sites (tertiary alicyclic amines) is 1. The topological polar surface area (TPSA) is 147 Å². The van der Waals surface area contributed by atoms with Gasteiger partial charge < -0.3 is 25.2 Å². The highest BCUT2D eigenvalue weighted by Gasteiger charge is 2.47. The second kappa shape index (κ2) is 9.25. The number of H-pyrrole nitrogens is 1. The highest BCUT2D eigenvalue weighted by atomic mass is 16.4. The van der Waals surface area contributed by atoms with E-state index in [4.69, 9.17) is 5.11 Å². The zero-order valence-corrected chi connectivity index (χ0v) is 18.6. The largest absolute Gasteiger partial charge is 0.465 e. The summed E-state index contributed by atoms with van der Waals surface area (Å²) < 4.78 is 0. The number of aryl methyl sites for hydroxylation is 1. The number of carbonyl (C=O) groups excluding carboxylic acids is 2. The molecule has 33 heavy (non-hydrogen) atoms. The van der Waals surface area contributed by atoms with Gasteiger partial charge in [-0.15, -0.1) is 0 Å². The number of carboxylic acid groups (broad SMARTS) is 1. The van der Waals surface area contributed by atoms with E-state index in [9.17, 15) is 24.4 Å². The Morgan fingerprint density at radius 2 is 1.91 bits per heavy atom. The third-order valence-corrected chi connectivity index (χ3v) is 7.14. The summed E-state index contributed by atoms with van der Waals surface area (Å²) in [6, 6.07) is 4.00. The van der Waals surface area contributed by atoms with Crippen LogP contribution in [0, 0.1) is 24.2 Å². The number of rotatable bonds is 3. The Labute approximate surface area is 191 Å². The van der Waals surface area contributed by atoms with Gasteiger partial charge in [-0.05, 0) is 44.2 Å². The summed E-state index contributed by atoms with van der Waals surface area (Å²) in [5.41, 5.74) is 1.18. The van der Waals surface area contributed by atoms with E-state index in [1.165, 1.54) is 6.07 Å². The van der Waals surface area contributed by atoms with Crippen LogP contribution in [0.25, 0.3) is 0 Å². The molecule has 3 aliphatic rings. The van der Waals surface area contributed by atoms with Gasteiger partial charge in [0.2, 0.25) is 17.4 Å². The SMILES string of the molecule is Cc1cc([C@@H]2CN(C(=O)[C@@H]3CC[C@@H]4CCCC[C@H](NC(=O)O)C(=O)N43)C[C@H]2C#N)cc(=O)[nH]1. The van der Waals surface area contributed by atoms with E-state index in [2.05, 4.69) is 16.4 Å². The Balaban J connectivity index is 1.55. The summed E-state index contributed by atoms with van der Waals surface area (Å²) in [7, 11) is 0. The Morgan fingerprint density at radius 1 is 1.15 bits per heavy atom. The van der Waals surface area contributed by atoms with Crippen molar-refractivity contribution < 1.29 is 19.5 Å². The van der Waals surface area contributed by atoms with Crippen LogP contribution in [0.3, 0.4) is 0 Å². The monoisotopic (exact) mass is 455 g/mol. The molecular formula is C23H29N5O5. The van der Waals surface area contributed by atoms with E-state index in [1.54, 1.807) is 16.7 Å². The molecule has 0 aliphatic carbocycles. The molecule has 5 atom stereocenters. The molecule has 3 aliphatic heterocycles. The molecule has 176 valence electrons. The third-order valence-electron chi connectivity index (χ3n) is 7.14. The molecule has 3 saturated heterocycles. The predicted molar refractivity (Wildman–Crippen MR) is 117 cm³/mol. The quantitative estimate of drug-likeness (QED) is 0.626. The number of pyridine rings is 1. The summed E-state index contributed by atoms with van der Waals surface area (Å²) in [6.45, 7) is 2.32. The van der Waals surface area contributed by atoms with Gasteiger partial charge in [-0.3, -0.25) is 14.4 Å². The molecule has 0 saturated carbocycles. The lowest BCUT2D eigenvalue weighted by Crippen LogP contribution is -2.56. The van der Waals surface area contributed by atoms with Crippen LogP contribution in [-0.2, 0) is 9.59 Å². The summed E-state index contributed by atoms with van der Waals surface area (Å²) in [5, 5.41) is 21.2. The van der Waals surface area contributed by atoms with E-state index in [0.29, 0.717) is 31.5 Å². The molecule has 0 radical (unpaired) electrons. The summed E-state index contributed by atoms with van der Waals surface area (Å²) in [4.78, 5) is 55.9. The molecule has 0 aromatic carbocycles. The van der Waals surface area contributed by atoms with Crippen molar-refractivity contribution in [3.8, 4) is 6.07 Å². The first-order valence-corrected chi connectivity index (χ1v) is 11.5. The maximum atomic E-state index is 13.6. The fourth-order valence-corrected chi connectivity index (χ4v) is 5.64. The first-order valence-electron chi connectivity index (χ1n) is 11.5. The number of nitrogens with zero attached hydrogens (tertiary/aromatic N) is 3. The van der Waals surface area contributed by atoms with Crippen LogP contribution in [0.5, 0.6) is 0 Å². The number of nitriles is 1. The molecule has 4 rings (SSSR count). The zero-order valence-electron chi connectivity index (χ0n) is 18.6. The molecule has 0 bridgehead atoms. The molecule has 3 fully saturated rings. The molecule has 4 heterocycles. The maximum Gasteiger partial charge on any atom is 0.405 e. The Hall–Kier alpha value is -3.35. The van der Waals surface area contributed by atoms with Gasteiger partial charge in [0.15, 0.2) is 0 Å². The Morgan fingerprint density at radius 3 is 2.61 bits per heavy atom. The van der Waals surface area contributed by atoms with Crippen molar-refractivity contribution in [2.45, 2.75) is 69.5 Å². The molecular weight excluding hydrogens is 426 g/mol. The van der Waals surface area contributed by atoms with E-state index < -0.39 is 24.1 Å². The van der Waals surface area contributed by atoms with Crippen LogP contribution in [0.4, 0.5) is 4.79 Å². The number of aromatic nitrogens is 1. The van der Waals surface area contributed by atoms with Crippen molar-refractivity contribution in [3.05, 3.63) is 33.7 Å². The lowest BCUT2D eigenvalue weighted by atomic mass is 9.90. The van der Waals surface area contributed by atoms with E-state index >= 15 is 0 Å². The van der Waals surface area contributed by atoms with Crippen molar-refractivity contribution in [1.29, 1.82) is 5.26 Å². The predicted octanol–water partition coefficient (Wildman–Crippen LogP) is 1.32. The number of carbonyl (C=O) groups is 3. The average molecular weight is 456 g/mol. The second-order valence-corrected chi connectivity index (χ2v) is 9.33. The fraction of sp³-hybridized carbons (Fsp3) is 0.609. The van der Waals surface area contributed by atoms with E-state index in [1.807, 2.05) is 6.07 Å². The van der Waals surface area contributed by atoms with Gasteiger partial charge in [0.05, 0.1) is 12.0 Å². The van der Waals surface area contributed by atoms with Crippen LogP contribution in [0.15, 0.2) is 16.9 Å². The number of hydrogen-bond acceptors (Lipinski definition) is 5. The molecule has 10 nitrogen and oxygen atoms in total. The number of hydrogen-bond donors (Lipinski definition) is 3. The van der Waals surface area contributed by atoms with Crippen molar-refractivity contribution in [2.75, 3.05) is 13.1 Å². The van der Waals surface area contributed by atoms with Crippen LogP contribution >= 0.6 is 0 Å². The molecule has 0 unspecified atom stereocenters. The lowest BCUT2D eigenvalue weighted by Gasteiger charge is -2.36. The summed E-state index contributed by atoms with van der Waals surface area (Å²) in [6.07, 6.45) is 2.82. The van der Waals surface area contributed by atoms with Gasteiger partial charge >= 0.3 is 6.09 Å². The van der Waals surface area contributed by atoms with Crippen molar-refractivity contribution in [1.82, 2.24) is 20.1 Å². The first-order chi connectivity index (χ1) is 15.8. The van der Waals surface area contributed by atoms with Gasteiger partial charge in [0, 0.05) is 36.8 Å². The lowest BCUT2D eigenvalue weighted by molar-refractivity contribution is -0.146. The smallest absolute Gasteiger partial charge is 0.405 e. The van der Waals surface area contributed by atoms with Crippen molar-refractivity contribution in [3.63, 3.8) is 0 Å². The zero-order chi connectivity index (χ0) is 23.7. The van der Waals surface area contributed by atoms with Gasteiger partial charge in [-0.1, -0.05) is 12.8 Å². The average Bonchev–Trinajstić information content (AvgIpc) is 3.37. The highest BCUT2D eigenvalue weighted by molar-refractivity contribution is 5.92. The summed E-state index contributed by atoms with van der Waals surface area (Å²) >= 11 is 0. The fourth-order valence-electron chi connectivity index (χ4n) is 5.64. The minimum Gasteiger partial charge on any atom is -0.465 e. The van der Waals surface area contributed by atoms with Crippen LogP contribution < -0.4 is 10.9 Å². The van der Waals surface area contributed by atoms with Crippen molar-refractivity contribution >= 4 is 17.9 Å². The molecule has 3 N–H and O–H groups in total. The number of fused-ring (bicyclic) bond motifs is 1. The normalized spacial score (nSPS) is 29.7. The Bertz CT molecular complexity index is 1050. The van der Waals surface area contributed by atoms with Crippen molar-refractivity contribution in [2.24, 2.45) is 5.92 Å². The van der Waals surface area contributed by atoms with Crippen LogP contribution in [0.2, 0.25) is 0 Å². The van der Waals surface area contributed by atoms with E-state index in [-0.39, 0.29) is 35.9 Å². The number of nitrogens with one attached hydrogen (secondary N) is 2. The van der Waals surface area contributed by atoms with Gasteiger partial charge in [0.25, 0.3) is 0 Å². The van der Waals surface area contributed by atoms with Gasteiger partial charge in [-0.2, -0.15) is 5.26 Å². The second-order valence-electron chi connectivity index (χ2n) is 9.33. The highest BCUT2D eigenvalue weighted by Crippen LogP contribution is 2.36. The third kappa shape index (κ3) is 4.58. The molecule has 0 spiro atoms. The molecule has 1 aromatic heterocycles. The first kappa shape index (κ1) is 22.8. The molecule has 3 amide bonds. The minimum atomic E-state index is -1.25. The van der Waals surface area contributed by atoms with Crippen LogP contribution in [-0.4, -0.2) is 69.0 Å². The summed E-state index contributed by atoms with van der Waals surface area (Å²) in [5.74, 6) is -1.26. The number of amides is 3. The standard InChI is InChI=1S/C23H29N5O5/c1-13-8-14(9-20(29)25-13)17-12-27(11-15(17)10-24)22(31)19-7-6-16-4-2-3-5-18(26-23(32)33)21(30)28(16)19/h8-9,15-19,26H,2-7,11-12H2,1H3,(H,25,29)(H,32,33)/t15-,16+,17+,18+,19+/m1/s1. The van der Waals surface area contributed by atoms with Crippen LogP contribution in [0.1, 0.15) is 55.7 Å². The minimum absolute atomic E-state index is 0.0784. The van der Waals surface area contributed by atoms with Gasteiger partial charge in [0.1, 0.15) is 12.1 Å².